The number of ether oxygens (including phenoxy) is 2. The largest absolute Gasteiger partial charge is 0.394 e. The minimum atomic E-state index is -0.641. The molecule has 4 rings (SSSR count). The van der Waals surface area contributed by atoms with E-state index in [9.17, 15) is 5.11 Å². The van der Waals surface area contributed by atoms with Crippen molar-refractivity contribution in [2.75, 3.05) is 13.2 Å². The molecule has 0 radical (unpaired) electrons. The van der Waals surface area contributed by atoms with Crippen LogP contribution < -0.4 is 0 Å². The lowest BCUT2D eigenvalue weighted by Crippen LogP contribution is -2.56. The van der Waals surface area contributed by atoms with Gasteiger partial charge >= 0.3 is 0 Å². The van der Waals surface area contributed by atoms with Gasteiger partial charge in [-0.2, -0.15) is 0 Å². The molecule has 3 atom stereocenters. The van der Waals surface area contributed by atoms with Crippen molar-refractivity contribution in [1.82, 2.24) is 4.90 Å². The van der Waals surface area contributed by atoms with Crippen LogP contribution >= 0.6 is 0 Å². The van der Waals surface area contributed by atoms with Gasteiger partial charge in [-0.3, -0.25) is 4.90 Å². The predicted octanol–water partition coefficient (Wildman–Crippen LogP) is 3.92. The molecule has 2 heterocycles. The second-order valence-corrected chi connectivity index (χ2v) is 8.23. The minimum Gasteiger partial charge on any atom is -0.394 e. The Hall–Kier alpha value is -1.98. The van der Waals surface area contributed by atoms with Crippen molar-refractivity contribution >= 4 is 0 Å². The van der Waals surface area contributed by atoms with Crippen molar-refractivity contribution in [3.8, 4) is 0 Å². The third-order valence-electron chi connectivity index (χ3n) is 5.98. The average Bonchev–Trinajstić information content (AvgIpc) is 3.15. The molecule has 0 aromatic heterocycles. The Morgan fingerprint density at radius 1 is 1.07 bits per heavy atom. The van der Waals surface area contributed by atoms with Crippen molar-refractivity contribution in [3.63, 3.8) is 0 Å². The lowest BCUT2D eigenvalue weighted by atomic mass is 9.86. The molecule has 0 unspecified atom stereocenters. The summed E-state index contributed by atoms with van der Waals surface area (Å²) in [5, 5.41) is 10.7. The molecule has 148 valence electrons. The maximum Gasteiger partial charge on any atom is 0.163 e. The Labute approximate surface area is 167 Å². The zero-order chi connectivity index (χ0) is 19.8. The lowest BCUT2D eigenvalue weighted by Gasteiger charge is -2.44. The molecule has 2 aliphatic rings. The molecule has 2 saturated heterocycles. The van der Waals surface area contributed by atoms with E-state index in [0.29, 0.717) is 13.0 Å². The summed E-state index contributed by atoms with van der Waals surface area (Å²) in [5.41, 5.74) is 1.79. The molecule has 2 aromatic rings. The van der Waals surface area contributed by atoms with Crippen LogP contribution in [0.1, 0.15) is 37.4 Å². The van der Waals surface area contributed by atoms with E-state index in [2.05, 4.69) is 60.0 Å². The number of aliphatic hydroxyl groups excluding tert-OH is 1. The first-order valence-electron chi connectivity index (χ1n) is 9.95. The highest BCUT2D eigenvalue weighted by atomic mass is 16.8. The zero-order valence-electron chi connectivity index (χ0n) is 16.6. The van der Waals surface area contributed by atoms with Gasteiger partial charge in [-0.15, -0.1) is 6.58 Å². The van der Waals surface area contributed by atoms with E-state index in [1.165, 1.54) is 11.1 Å². The van der Waals surface area contributed by atoms with Crippen LogP contribution in [0.15, 0.2) is 73.3 Å². The van der Waals surface area contributed by atoms with Crippen LogP contribution in [0, 0.1) is 0 Å². The van der Waals surface area contributed by atoms with Crippen LogP contribution in [-0.2, 0) is 9.47 Å². The highest BCUT2D eigenvalue weighted by Gasteiger charge is 2.61. The third kappa shape index (κ3) is 3.20. The Morgan fingerprint density at radius 2 is 1.64 bits per heavy atom. The maximum absolute atomic E-state index is 10.7. The summed E-state index contributed by atoms with van der Waals surface area (Å²) in [4.78, 5) is 2.37. The molecule has 4 nitrogen and oxygen atoms in total. The fraction of sp³-hybridized carbons (Fsp3) is 0.417. The van der Waals surface area contributed by atoms with Crippen molar-refractivity contribution in [2.45, 2.75) is 49.8 Å². The van der Waals surface area contributed by atoms with E-state index < -0.39 is 11.3 Å². The van der Waals surface area contributed by atoms with Crippen molar-refractivity contribution in [3.05, 3.63) is 84.4 Å². The number of benzene rings is 2. The Morgan fingerprint density at radius 3 is 2.14 bits per heavy atom. The molecule has 4 heteroatoms. The number of nitrogens with zero attached hydrogens (tertiary/aromatic N) is 1. The summed E-state index contributed by atoms with van der Waals surface area (Å²) in [7, 11) is 0. The number of rotatable bonds is 6. The van der Waals surface area contributed by atoms with Crippen LogP contribution in [0.4, 0.5) is 0 Å². The zero-order valence-corrected chi connectivity index (χ0v) is 16.6. The summed E-state index contributed by atoms with van der Waals surface area (Å²) < 4.78 is 12.5. The number of hydrogen-bond donors (Lipinski definition) is 1. The predicted molar refractivity (Wildman–Crippen MR) is 110 cm³/mol. The summed E-state index contributed by atoms with van der Waals surface area (Å²) >= 11 is 0. The van der Waals surface area contributed by atoms with Crippen LogP contribution in [0.25, 0.3) is 0 Å². The van der Waals surface area contributed by atoms with Crippen LogP contribution in [0.2, 0.25) is 0 Å². The minimum absolute atomic E-state index is 0.00425. The van der Waals surface area contributed by atoms with Gasteiger partial charge in [-0.1, -0.05) is 66.7 Å². The van der Waals surface area contributed by atoms with E-state index >= 15 is 0 Å². The molecule has 0 aliphatic carbocycles. The molecule has 0 bridgehead atoms. The summed E-state index contributed by atoms with van der Waals surface area (Å²) in [6, 6.07) is 20.9. The summed E-state index contributed by atoms with van der Waals surface area (Å²) in [5.74, 6) is -0.641. The first kappa shape index (κ1) is 19.3. The van der Waals surface area contributed by atoms with E-state index in [1.54, 1.807) is 0 Å². The molecular weight excluding hydrogens is 350 g/mol. The third-order valence-corrected chi connectivity index (χ3v) is 5.98. The molecule has 2 aromatic carbocycles. The standard InChI is InChI=1S/C24H29NO3/c1-4-15-24(17-26)22-20(27-23(2,3)28-22)16-25(24)21(18-11-7-5-8-12-18)19-13-9-6-10-14-19/h4-14,20-22,26H,1,15-17H2,2-3H3/t20-,22-,24-/m1/s1. The van der Waals surface area contributed by atoms with Crippen LogP contribution in [0.3, 0.4) is 0 Å². The Balaban J connectivity index is 1.82. The van der Waals surface area contributed by atoms with E-state index in [1.807, 2.05) is 32.1 Å². The van der Waals surface area contributed by atoms with Gasteiger partial charge in [0.2, 0.25) is 0 Å². The first-order valence-corrected chi connectivity index (χ1v) is 9.95. The van der Waals surface area contributed by atoms with Gasteiger partial charge < -0.3 is 14.6 Å². The highest BCUT2D eigenvalue weighted by Crippen LogP contribution is 2.49. The van der Waals surface area contributed by atoms with Gasteiger partial charge in [0.05, 0.1) is 18.2 Å². The van der Waals surface area contributed by atoms with Crippen molar-refractivity contribution < 1.29 is 14.6 Å². The van der Waals surface area contributed by atoms with Gasteiger partial charge in [0.15, 0.2) is 5.79 Å². The van der Waals surface area contributed by atoms with Crippen LogP contribution in [-0.4, -0.2) is 46.7 Å². The molecule has 2 fully saturated rings. The highest BCUT2D eigenvalue weighted by molar-refractivity contribution is 5.34. The average molecular weight is 380 g/mol. The van der Waals surface area contributed by atoms with Gasteiger partial charge in [-0.05, 0) is 31.4 Å². The molecule has 1 N–H and O–H groups in total. The van der Waals surface area contributed by atoms with Gasteiger partial charge in [0, 0.05) is 6.54 Å². The Bertz CT molecular complexity index is 768. The van der Waals surface area contributed by atoms with Crippen molar-refractivity contribution in [1.29, 1.82) is 0 Å². The van der Waals surface area contributed by atoms with Crippen molar-refractivity contribution in [2.24, 2.45) is 0 Å². The molecule has 2 aliphatic heterocycles. The van der Waals surface area contributed by atoms with Crippen LogP contribution in [0.5, 0.6) is 0 Å². The number of likely N-dealkylation sites (tertiary alicyclic amines) is 1. The molecule has 28 heavy (non-hydrogen) atoms. The number of fused-ring (bicyclic) bond motifs is 1. The fourth-order valence-corrected chi connectivity index (χ4v) is 4.88. The lowest BCUT2D eigenvalue weighted by molar-refractivity contribution is -0.178. The van der Waals surface area contributed by atoms with Gasteiger partial charge in [0.25, 0.3) is 0 Å². The number of hydrogen-bond acceptors (Lipinski definition) is 4. The smallest absolute Gasteiger partial charge is 0.163 e. The SMILES string of the molecule is C=CC[C@@]1(CO)[C@@H]2OC(C)(C)O[C@@H]2CN1C(c1ccccc1)c1ccccc1. The normalized spacial score (nSPS) is 29.1. The monoisotopic (exact) mass is 379 g/mol. The molecular formula is C24H29NO3. The topological polar surface area (TPSA) is 41.9 Å². The second kappa shape index (κ2) is 7.45. The second-order valence-electron chi connectivity index (χ2n) is 8.23. The molecule has 0 saturated carbocycles. The van der Waals surface area contributed by atoms with Gasteiger partial charge in [0.1, 0.15) is 12.2 Å². The fourth-order valence-electron chi connectivity index (χ4n) is 4.88. The van der Waals surface area contributed by atoms with Gasteiger partial charge in [-0.25, -0.2) is 0 Å². The number of aliphatic hydroxyl groups is 1. The van der Waals surface area contributed by atoms with E-state index in [4.69, 9.17) is 9.47 Å². The van der Waals surface area contributed by atoms with E-state index in [-0.39, 0.29) is 24.9 Å². The summed E-state index contributed by atoms with van der Waals surface area (Å²) in [6.45, 7) is 8.53. The Kier molecular flexibility index (Phi) is 5.15. The summed E-state index contributed by atoms with van der Waals surface area (Å²) in [6.07, 6.45) is 2.21. The maximum atomic E-state index is 10.7. The van der Waals surface area contributed by atoms with E-state index in [0.717, 1.165) is 0 Å². The first-order chi connectivity index (χ1) is 13.5. The molecule has 0 spiro atoms. The molecule has 0 amide bonds. The quantitative estimate of drug-likeness (QED) is 0.773.